The average molecular weight is 603 g/mol. The van der Waals surface area contributed by atoms with Gasteiger partial charge in [0.1, 0.15) is 5.92 Å². The number of carboxylic acids is 2. The zero-order valence-corrected chi connectivity index (χ0v) is 27.0. The van der Waals surface area contributed by atoms with Crippen LogP contribution < -0.4 is 26.0 Å². The Morgan fingerprint density at radius 3 is 2.32 bits per heavy atom. The van der Waals surface area contributed by atoms with E-state index in [-0.39, 0.29) is 47.7 Å². The molecule has 222 valence electrons. The van der Waals surface area contributed by atoms with Crippen molar-refractivity contribution in [3.05, 3.63) is 84.8 Å². The average Bonchev–Trinajstić information content (AvgIpc) is 3.68. The minimum absolute atomic E-state index is 0. The fourth-order valence-corrected chi connectivity index (χ4v) is 7.01. The van der Waals surface area contributed by atoms with Gasteiger partial charge in [-0.3, -0.25) is 14.4 Å². The summed E-state index contributed by atoms with van der Waals surface area (Å²) in [6, 6.07) is 0. The number of rotatable bonds is 6. The Morgan fingerprint density at radius 2 is 1.68 bits per heavy atom. The Labute approximate surface area is 271 Å². The molecule has 9 nitrogen and oxygen atoms in total. The number of aliphatic carboxylic acids is 2. The Balaban J connectivity index is 0.00000384. The summed E-state index contributed by atoms with van der Waals surface area (Å²) in [6.45, 7) is 14.0. The maximum Gasteiger partial charge on any atom is 2.00 e. The number of H-pyrrole nitrogens is 1. The van der Waals surface area contributed by atoms with Crippen LogP contribution in [-0.2, 0) is 16.0 Å². The van der Waals surface area contributed by atoms with E-state index in [0.29, 0.717) is 33.8 Å². The van der Waals surface area contributed by atoms with Crippen molar-refractivity contribution >= 4 is 70.7 Å². The first-order chi connectivity index (χ1) is 20.5. The van der Waals surface area contributed by atoms with Gasteiger partial charge < -0.3 is 30.5 Å². The third kappa shape index (κ3) is 4.71. The molecule has 0 unspecified atom stereocenters. The molecule has 3 atom stereocenters. The number of nitrogens with one attached hydrogen (secondary N) is 2. The minimum atomic E-state index is -1.43. The number of aromatic nitrogens is 3. The van der Waals surface area contributed by atoms with Gasteiger partial charge in [-0.25, -0.2) is 0 Å². The van der Waals surface area contributed by atoms with Crippen molar-refractivity contribution in [2.75, 3.05) is 0 Å². The van der Waals surface area contributed by atoms with E-state index in [4.69, 9.17) is 9.97 Å². The van der Waals surface area contributed by atoms with Crippen LogP contribution in [0.2, 0.25) is 0 Å². The van der Waals surface area contributed by atoms with E-state index in [1.807, 2.05) is 32.1 Å². The SMILES string of the molecule is C=Cc1c2[n-]c(c1C)/C=C1\N/C(=C3\c4[n-]c(c(C)c4C(=O)[C@@H]3C(=O)O)/C=c3\[nH]/c(c(C)c3CC)=C\2)[C@@H](CCC(=O)O)[C@@H]1C.[Mg+2]. The molecule has 0 saturated carbocycles. The van der Waals surface area contributed by atoms with Gasteiger partial charge in [0.15, 0.2) is 5.78 Å². The third-order valence-electron chi connectivity index (χ3n) is 9.40. The van der Waals surface area contributed by atoms with Crippen molar-refractivity contribution in [1.29, 1.82) is 0 Å². The summed E-state index contributed by atoms with van der Waals surface area (Å²) in [5.41, 5.74) is 9.10. The number of carbonyl (C=O) groups excluding carboxylic acids is 1. The number of fused-ring (bicyclic) bond motifs is 7. The maximum absolute atomic E-state index is 13.8. The summed E-state index contributed by atoms with van der Waals surface area (Å²) in [4.78, 5) is 51.4. The van der Waals surface area contributed by atoms with Crippen LogP contribution in [0.1, 0.15) is 87.6 Å². The number of carbonyl (C=O) groups is 3. The predicted octanol–water partition coefficient (Wildman–Crippen LogP) is 3.02. The number of hydrogen-bond donors (Lipinski definition) is 4. The standard InChI is InChI=1S/C34H35N4O5.Mg/c1-7-18-14(3)21-11-23-16(5)20(9-10-27(39)40)31(37-23)29-30(34(42)43)33(41)28-17(6)24(38-32(28)29)13-26-19(8-2)15(4)22(36-26)12-25(18)35-21;/h7,11-13,16,20,30,36H,1,8-10H2,2-6H3,(H4,37,38,39,40,41,42,43);/q-1;+2/p-1/b22-12-,23-11-,26-13-;/t16-,20-,30+;/m0./s1. The first-order valence-corrected chi connectivity index (χ1v) is 14.6. The molecule has 1 aliphatic carbocycles. The molecule has 44 heavy (non-hydrogen) atoms. The summed E-state index contributed by atoms with van der Waals surface area (Å²) in [7, 11) is 0. The summed E-state index contributed by atoms with van der Waals surface area (Å²) in [6.07, 6.45) is 8.62. The van der Waals surface area contributed by atoms with Crippen molar-refractivity contribution in [2.24, 2.45) is 17.8 Å². The van der Waals surface area contributed by atoms with Gasteiger partial charge in [0.2, 0.25) is 0 Å². The number of ketones is 1. The fraction of sp³-hybridized carbons (Fsp3) is 0.324. The van der Waals surface area contributed by atoms with Crippen molar-refractivity contribution in [3.8, 4) is 0 Å². The van der Waals surface area contributed by atoms with Gasteiger partial charge in [-0.1, -0.05) is 55.9 Å². The quantitative estimate of drug-likeness (QED) is 0.249. The maximum atomic E-state index is 13.8. The summed E-state index contributed by atoms with van der Waals surface area (Å²) < 4.78 is 0. The zero-order chi connectivity index (χ0) is 30.9. The Morgan fingerprint density at radius 1 is 1.00 bits per heavy atom. The molecule has 1 fully saturated rings. The Kier molecular flexibility index (Phi) is 8.19. The topological polar surface area (TPSA) is 148 Å². The van der Waals surface area contributed by atoms with Gasteiger partial charge in [-0.05, 0) is 55.9 Å². The number of hydrogen-bond acceptors (Lipinski definition) is 4. The first kappa shape index (κ1) is 31.4. The van der Waals surface area contributed by atoms with E-state index in [1.165, 1.54) is 0 Å². The van der Waals surface area contributed by atoms with Crippen molar-refractivity contribution in [1.82, 2.24) is 20.3 Å². The van der Waals surface area contributed by atoms with Gasteiger partial charge in [-0.15, -0.1) is 22.8 Å². The fourth-order valence-electron chi connectivity index (χ4n) is 7.01. The number of aromatic amines is 1. The number of Topliss-reactive ketones (excluding diaryl/α,β-unsaturated/α-hetero) is 1. The van der Waals surface area contributed by atoms with Crippen LogP contribution in [0.5, 0.6) is 0 Å². The van der Waals surface area contributed by atoms with E-state index in [9.17, 15) is 24.6 Å². The molecule has 4 N–H and O–H groups in total. The van der Waals surface area contributed by atoms with Gasteiger partial charge in [0.05, 0.1) is 0 Å². The molecule has 1 saturated heterocycles. The van der Waals surface area contributed by atoms with E-state index in [2.05, 4.69) is 30.7 Å². The van der Waals surface area contributed by atoms with Crippen LogP contribution in [0.4, 0.5) is 0 Å². The Bertz CT molecular complexity index is 1950. The monoisotopic (exact) mass is 602 g/mol. The molecule has 2 aliphatic heterocycles. The van der Waals surface area contributed by atoms with Gasteiger partial charge in [0, 0.05) is 45.9 Å². The van der Waals surface area contributed by atoms with Crippen LogP contribution in [0, 0.1) is 38.5 Å². The molecule has 0 amide bonds. The van der Waals surface area contributed by atoms with E-state index in [0.717, 1.165) is 56.5 Å². The van der Waals surface area contributed by atoms with E-state index >= 15 is 0 Å². The summed E-state index contributed by atoms with van der Waals surface area (Å²) in [5, 5.41) is 25.1. The second kappa shape index (κ2) is 11.5. The van der Waals surface area contributed by atoms with Crippen molar-refractivity contribution < 1.29 is 24.6 Å². The minimum Gasteiger partial charge on any atom is -0.657 e. The van der Waals surface area contributed by atoms with Crippen LogP contribution in [0.25, 0.3) is 29.9 Å². The summed E-state index contributed by atoms with van der Waals surface area (Å²) >= 11 is 0. The zero-order valence-electron chi connectivity index (χ0n) is 25.6. The first-order valence-electron chi connectivity index (χ1n) is 14.6. The molecular weight excluding hydrogens is 569 g/mol. The van der Waals surface area contributed by atoms with Crippen molar-refractivity contribution in [2.45, 2.75) is 53.9 Å². The molecule has 0 radical (unpaired) electrons. The van der Waals surface area contributed by atoms with Crippen molar-refractivity contribution in [3.63, 3.8) is 0 Å². The second-order valence-electron chi connectivity index (χ2n) is 11.7. The van der Waals surface area contributed by atoms with Gasteiger partial charge >= 0.3 is 35.0 Å². The number of carboxylic acid groups (broad SMARTS) is 2. The molecule has 0 spiro atoms. The Hall–Kier alpha value is -4.02. The normalized spacial score (nSPS) is 24.3. The molecule has 3 aromatic heterocycles. The second-order valence-corrected chi connectivity index (χ2v) is 11.7. The van der Waals surface area contributed by atoms with Crippen LogP contribution >= 0.6 is 0 Å². The largest absolute Gasteiger partial charge is 2.00 e. The number of allylic oxidation sites excluding steroid dienone is 2. The van der Waals surface area contributed by atoms with Gasteiger partial charge in [-0.2, -0.15) is 0 Å². The molecule has 0 aromatic carbocycles. The van der Waals surface area contributed by atoms with Crippen LogP contribution in [0.15, 0.2) is 18.0 Å². The van der Waals surface area contributed by atoms with Crippen LogP contribution in [0.3, 0.4) is 0 Å². The third-order valence-corrected chi connectivity index (χ3v) is 9.40. The van der Waals surface area contributed by atoms with Crippen LogP contribution in [-0.4, -0.2) is 56.0 Å². The van der Waals surface area contributed by atoms with Gasteiger partial charge in [0.25, 0.3) is 0 Å². The molecule has 3 aliphatic rings. The molecular formula is C34H34MgN4O5. The smallest absolute Gasteiger partial charge is 0.657 e. The number of nitrogens with zero attached hydrogens (tertiary/aromatic N) is 2. The molecule has 5 heterocycles. The summed E-state index contributed by atoms with van der Waals surface area (Å²) in [5.74, 6) is -4.68. The molecule has 3 aromatic rings. The molecule has 10 heteroatoms. The molecule has 8 bridgehead atoms. The predicted molar refractivity (Wildman–Crippen MR) is 169 cm³/mol. The molecule has 6 rings (SSSR count). The van der Waals surface area contributed by atoms with E-state index < -0.39 is 23.6 Å². The van der Waals surface area contributed by atoms with E-state index in [1.54, 1.807) is 13.0 Å².